The Kier molecular flexibility index (Phi) is 3.79. The quantitative estimate of drug-likeness (QED) is 0.670. The summed E-state index contributed by atoms with van der Waals surface area (Å²) in [6.07, 6.45) is 1.16. The number of carbonyl (C=O) groups excluding carboxylic acids is 1. The first-order valence-corrected chi connectivity index (χ1v) is 4.91. The second-order valence-electron chi connectivity index (χ2n) is 2.59. The van der Waals surface area contributed by atoms with Crippen LogP contribution in [0.2, 0.25) is 0 Å². The molecule has 1 N–H and O–H groups in total. The van der Waals surface area contributed by atoms with Gasteiger partial charge in [-0.05, 0) is 28.9 Å². The van der Waals surface area contributed by atoms with Gasteiger partial charge < -0.3 is 9.84 Å². The highest BCUT2D eigenvalue weighted by atomic mass is 79.9. The fourth-order valence-electron chi connectivity index (χ4n) is 0.917. The summed E-state index contributed by atoms with van der Waals surface area (Å²) in [6, 6.07) is 1.22. The van der Waals surface area contributed by atoms with Crippen molar-refractivity contribution in [2.75, 3.05) is 6.61 Å². The highest BCUT2D eigenvalue weighted by molar-refractivity contribution is 9.10. The highest BCUT2D eigenvalue weighted by Gasteiger charge is 2.15. The van der Waals surface area contributed by atoms with Crippen molar-refractivity contribution < 1.29 is 19.4 Å². The minimum atomic E-state index is -1.14. The summed E-state index contributed by atoms with van der Waals surface area (Å²) in [5.41, 5.74) is 0.0537. The average Bonchev–Trinajstić information content (AvgIpc) is 2.18. The van der Waals surface area contributed by atoms with E-state index >= 15 is 0 Å². The Balaban J connectivity index is 3.10. The minimum Gasteiger partial charge on any atom is -0.478 e. The number of carboxylic acid groups (broad SMARTS) is 1. The van der Waals surface area contributed by atoms with E-state index in [1.165, 1.54) is 6.07 Å². The number of aromatic carboxylic acids is 1. The van der Waals surface area contributed by atoms with Crippen molar-refractivity contribution in [3.8, 4) is 0 Å². The molecule has 1 rings (SSSR count). The second kappa shape index (κ2) is 4.88. The van der Waals surface area contributed by atoms with Gasteiger partial charge in [0.2, 0.25) is 0 Å². The molecule has 1 aromatic heterocycles. The molecule has 0 radical (unpaired) electrons. The molecular weight excluding hydrogens is 266 g/mol. The highest BCUT2D eigenvalue weighted by Crippen LogP contribution is 2.16. The summed E-state index contributed by atoms with van der Waals surface area (Å²) in [6.45, 7) is 1.89. The molecule has 0 saturated heterocycles. The molecule has 0 atom stereocenters. The van der Waals surface area contributed by atoms with Gasteiger partial charge in [-0.3, -0.25) is 0 Å². The smallest absolute Gasteiger partial charge is 0.340 e. The van der Waals surface area contributed by atoms with Gasteiger partial charge in [0.05, 0.1) is 17.7 Å². The maximum atomic E-state index is 11.4. The number of pyridine rings is 1. The van der Waals surface area contributed by atoms with Gasteiger partial charge in [0.1, 0.15) is 4.60 Å². The van der Waals surface area contributed by atoms with Crippen molar-refractivity contribution in [3.63, 3.8) is 0 Å². The van der Waals surface area contributed by atoms with E-state index < -0.39 is 11.9 Å². The minimum absolute atomic E-state index is 0.0544. The first kappa shape index (κ1) is 11.6. The largest absolute Gasteiger partial charge is 0.478 e. The number of esters is 1. The van der Waals surface area contributed by atoms with Gasteiger partial charge in [0, 0.05) is 6.20 Å². The molecule has 5 nitrogen and oxygen atoms in total. The number of hydrogen-bond acceptors (Lipinski definition) is 4. The lowest BCUT2D eigenvalue weighted by Crippen LogP contribution is -2.08. The van der Waals surface area contributed by atoms with Crippen LogP contribution in [0.4, 0.5) is 0 Å². The van der Waals surface area contributed by atoms with Crippen molar-refractivity contribution in [2.45, 2.75) is 6.92 Å². The van der Waals surface area contributed by atoms with E-state index in [1.807, 2.05) is 0 Å². The molecule has 0 amide bonds. The van der Waals surface area contributed by atoms with Gasteiger partial charge in [-0.2, -0.15) is 0 Å². The Morgan fingerprint density at radius 3 is 2.80 bits per heavy atom. The zero-order valence-electron chi connectivity index (χ0n) is 7.86. The molecule has 0 aromatic carbocycles. The lowest BCUT2D eigenvalue weighted by Gasteiger charge is -2.04. The van der Waals surface area contributed by atoms with Crippen LogP contribution in [0.1, 0.15) is 27.6 Å². The number of hydrogen-bond donors (Lipinski definition) is 1. The molecule has 15 heavy (non-hydrogen) atoms. The van der Waals surface area contributed by atoms with Crippen molar-refractivity contribution in [1.29, 1.82) is 0 Å². The van der Waals surface area contributed by atoms with Crippen LogP contribution in [0.5, 0.6) is 0 Å². The SMILES string of the molecule is CCOC(=O)c1cc(C(=O)O)cnc1Br. The Morgan fingerprint density at radius 2 is 2.27 bits per heavy atom. The third-order valence-corrected chi connectivity index (χ3v) is 2.21. The molecule has 0 aliphatic carbocycles. The van der Waals surface area contributed by atoms with E-state index in [-0.39, 0.29) is 22.3 Å². The van der Waals surface area contributed by atoms with Gasteiger partial charge in [0.15, 0.2) is 0 Å². The Bertz CT molecular complexity index is 405. The molecule has 0 fully saturated rings. The maximum absolute atomic E-state index is 11.4. The van der Waals surface area contributed by atoms with Crippen LogP contribution in [-0.4, -0.2) is 28.6 Å². The van der Waals surface area contributed by atoms with Crippen LogP contribution >= 0.6 is 15.9 Å². The van der Waals surface area contributed by atoms with Gasteiger partial charge in [-0.25, -0.2) is 14.6 Å². The van der Waals surface area contributed by atoms with Crippen LogP contribution in [0, 0.1) is 0 Å². The van der Waals surface area contributed by atoms with Crippen LogP contribution < -0.4 is 0 Å². The van der Waals surface area contributed by atoms with Gasteiger partial charge >= 0.3 is 11.9 Å². The second-order valence-corrected chi connectivity index (χ2v) is 3.34. The fraction of sp³-hybridized carbons (Fsp3) is 0.222. The fourth-order valence-corrected chi connectivity index (χ4v) is 1.30. The number of ether oxygens (including phenoxy) is 1. The summed E-state index contributed by atoms with van der Waals surface area (Å²) in [7, 11) is 0. The van der Waals surface area contributed by atoms with Crippen molar-refractivity contribution in [1.82, 2.24) is 4.98 Å². The Labute approximate surface area is 94.2 Å². The van der Waals surface area contributed by atoms with E-state index in [0.717, 1.165) is 6.20 Å². The summed E-state index contributed by atoms with van der Waals surface area (Å²) >= 11 is 3.05. The van der Waals surface area contributed by atoms with Crippen LogP contribution in [0.3, 0.4) is 0 Å². The summed E-state index contributed by atoms with van der Waals surface area (Å²) in [5, 5.41) is 8.70. The van der Waals surface area contributed by atoms with Crippen molar-refractivity contribution in [3.05, 3.63) is 28.0 Å². The van der Waals surface area contributed by atoms with Gasteiger partial charge in [-0.1, -0.05) is 0 Å². The van der Waals surface area contributed by atoms with E-state index in [0.29, 0.717) is 0 Å². The molecule has 0 spiro atoms. The van der Waals surface area contributed by atoms with E-state index in [2.05, 4.69) is 20.9 Å². The predicted octanol–water partition coefficient (Wildman–Crippen LogP) is 1.72. The summed E-state index contributed by atoms with van der Waals surface area (Å²) < 4.78 is 5.01. The van der Waals surface area contributed by atoms with Crippen molar-refractivity contribution >= 4 is 27.9 Å². The van der Waals surface area contributed by atoms with E-state index in [9.17, 15) is 9.59 Å². The third-order valence-electron chi connectivity index (χ3n) is 1.58. The molecule has 80 valence electrons. The lowest BCUT2D eigenvalue weighted by atomic mass is 10.2. The molecular formula is C9H8BrNO4. The van der Waals surface area contributed by atoms with Gasteiger partial charge in [-0.15, -0.1) is 0 Å². The molecule has 0 bridgehead atoms. The zero-order chi connectivity index (χ0) is 11.4. The van der Waals surface area contributed by atoms with Crippen LogP contribution in [0.15, 0.2) is 16.9 Å². The molecule has 0 aliphatic rings. The predicted molar refractivity (Wildman–Crippen MR) is 54.9 cm³/mol. The number of carboxylic acids is 1. The lowest BCUT2D eigenvalue weighted by molar-refractivity contribution is 0.0524. The number of carbonyl (C=O) groups is 2. The Hall–Kier alpha value is -1.43. The zero-order valence-corrected chi connectivity index (χ0v) is 9.44. The van der Waals surface area contributed by atoms with Crippen LogP contribution in [-0.2, 0) is 4.74 Å². The van der Waals surface area contributed by atoms with Crippen LogP contribution in [0.25, 0.3) is 0 Å². The standard InChI is InChI=1S/C9H8BrNO4/c1-2-15-9(14)6-3-5(8(12)13)4-11-7(6)10/h3-4H,2H2,1H3,(H,12,13). The monoisotopic (exact) mass is 273 g/mol. The topological polar surface area (TPSA) is 76.5 Å². The molecule has 0 saturated carbocycles. The number of aromatic nitrogens is 1. The van der Waals surface area contributed by atoms with Gasteiger partial charge in [0.25, 0.3) is 0 Å². The van der Waals surface area contributed by atoms with Crippen molar-refractivity contribution in [2.24, 2.45) is 0 Å². The number of halogens is 1. The molecule has 1 heterocycles. The average molecular weight is 274 g/mol. The number of nitrogens with zero attached hydrogens (tertiary/aromatic N) is 1. The van der Waals surface area contributed by atoms with E-state index in [1.54, 1.807) is 6.92 Å². The number of rotatable bonds is 3. The molecule has 0 unspecified atom stereocenters. The first-order chi connectivity index (χ1) is 7.06. The summed E-state index contributed by atoms with van der Waals surface area (Å²) in [4.78, 5) is 25.7. The first-order valence-electron chi connectivity index (χ1n) is 4.12. The molecule has 1 aromatic rings. The normalized spacial score (nSPS) is 9.73. The maximum Gasteiger partial charge on any atom is 0.340 e. The molecule has 0 aliphatic heterocycles. The Morgan fingerprint density at radius 1 is 1.60 bits per heavy atom. The summed E-state index contributed by atoms with van der Waals surface area (Å²) in [5.74, 6) is -1.74. The third kappa shape index (κ3) is 2.76. The van der Waals surface area contributed by atoms with E-state index in [4.69, 9.17) is 9.84 Å². The molecule has 6 heteroatoms.